The molecule has 0 unspecified atom stereocenters. The van der Waals surface area contributed by atoms with Crippen LogP contribution in [0.15, 0.2) is 17.1 Å². The molecule has 1 aliphatic heterocycles. The van der Waals surface area contributed by atoms with E-state index in [9.17, 15) is 0 Å². The second kappa shape index (κ2) is 6.91. The van der Waals surface area contributed by atoms with Gasteiger partial charge in [0.2, 0.25) is 0 Å². The third-order valence-corrected chi connectivity index (χ3v) is 4.35. The summed E-state index contributed by atoms with van der Waals surface area (Å²) < 4.78 is 5.59. The molecular formula is C12H23N3OS. The van der Waals surface area contributed by atoms with Crippen molar-refractivity contribution in [1.29, 1.82) is 0 Å². The van der Waals surface area contributed by atoms with Gasteiger partial charge in [0.1, 0.15) is 0 Å². The van der Waals surface area contributed by atoms with Gasteiger partial charge in [-0.2, -0.15) is 11.8 Å². The molecule has 17 heavy (non-hydrogen) atoms. The Morgan fingerprint density at radius 1 is 1.53 bits per heavy atom. The molecule has 0 spiro atoms. The summed E-state index contributed by atoms with van der Waals surface area (Å²) >= 11 is 1.87. The minimum atomic E-state index is 0.202. The second-order valence-electron chi connectivity index (χ2n) is 4.51. The van der Waals surface area contributed by atoms with E-state index in [4.69, 9.17) is 10.5 Å². The van der Waals surface area contributed by atoms with Gasteiger partial charge in [0, 0.05) is 24.5 Å². The van der Waals surface area contributed by atoms with Gasteiger partial charge in [-0.3, -0.25) is 4.99 Å². The number of nitrogens with zero attached hydrogens (tertiary/aromatic N) is 1. The summed E-state index contributed by atoms with van der Waals surface area (Å²) in [6.45, 7) is 8.87. The minimum absolute atomic E-state index is 0.202. The predicted octanol–water partition coefficient (Wildman–Crippen LogP) is 1.38. The first-order chi connectivity index (χ1) is 8.08. The smallest absolute Gasteiger partial charge is 0.188 e. The zero-order valence-electron chi connectivity index (χ0n) is 10.8. The van der Waals surface area contributed by atoms with Crippen LogP contribution in [0, 0.1) is 0 Å². The highest BCUT2D eigenvalue weighted by molar-refractivity contribution is 8.00. The van der Waals surface area contributed by atoms with E-state index in [-0.39, 0.29) is 4.75 Å². The Kier molecular flexibility index (Phi) is 5.85. The van der Waals surface area contributed by atoms with Crippen LogP contribution < -0.4 is 11.1 Å². The van der Waals surface area contributed by atoms with E-state index in [1.54, 1.807) is 0 Å². The van der Waals surface area contributed by atoms with Gasteiger partial charge in [0.05, 0.1) is 6.54 Å². The fourth-order valence-electron chi connectivity index (χ4n) is 1.70. The van der Waals surface area contributed by atoms with Gasteiger partial charge in [-0.25, -0.2) is 0 Å². The molecule has 3 N–H and O–H groups in total. The van der Waals surface area contributed by atoms with Gasteiger partial charge in [-0.15, -0.1) is 0 Å². The van der Waals surface area contributed by atoms with Gasteiger partial charge >= 0.3 is 0 Å². The molecule has 1 saturated heterocycles. The number of hydrogen-bond donors (Lipinski definition) is 2. The maximum absolute atomic E-state index is 5.81. The van der Waals surface area contributed by atoms with Crippen molar-refractivity contribution in [2.24, 2.45) is 10.7 Å². The van der Waals surface area contributed by atoms with Crippen LogP contribution in [0.5, 0.6) is 0 Å². The molecule has 0 aliphatic carbocycles. The Balaban J connectivity index is 2.44. The molecule has 1 rings (SSSR count). The number of nitrogens with two attached hydrogens (primary N) is 1. The standard InChI is InChI=1S/C12H23N3OS/c1-10(2)8-14-11(13)15-9-12(17-3)4-6-16-7-5-12/h1,4-9H2,2-3H3,(H3,13,14,15). The normalized spacial score (nSPS) is 20.0. The molecule has 0 atom stereocenters. The molecule has 0 bridgehead atoms. The van der Waals surface area contributed by atoms with Gasteiger partial charge in [0.15, 0.2) is 5.96 Å². The van der Waals surface area contributed by atoms with E-state index in [0.717, 1.165) is 38.2 Å². The molecule has 1 aliphatic rings. The molecule has 0 aromatic rings. The maximum atomic E-state index is 5.81. The van der Waals surface area contributed by atoms with Gasteiger partial charge in [0.25, 0.3) is 0 Å². The van der Waals surface area contributed by atoms with Crippen LogP contribution in [-0.2, 0) is 4.74 Å². The third kappa shape index (κ3) is 5.00. The lowest BCUT2D eigenvalue weighted by molar-refractivity contribution is 0.0794. The van der Waals surface area contributed by atoms with Crippen LogP contribution in [-0.4, -0.2) is 43.3 Å². The van der Waals surface area contributed by atoms with E-state index in [1.165, 1.54) is 0 Å². The Morgan fingerprint density at radius 2 is 2.18 bits per heavy atom. The molecule has 0 saturated carbocycles. The lowest BCUT2D eigenvalue weighted by Crippen LogP contribution is -2.39. The first kappa shape index (κ1) is 14.4. The largest absolute Gasteiger partial charge is 0.381 e. The van der Waals surface area contributed by atoms with Crippen molar-refractivity contribution < 1.29 is 4.74 Å². The minimum Gasteiger partial charge on any atom is -0.381 e. The van der Waals surface area contributed by atoms with Crippen molar-refractivity contribution in [3.05, 3.63) is 12.2 Å². The summed E-state index contributed by atoms with van der Waals surface area (Å²) in [6.07, 6.45) is 4.23. The summed E-state index contributed by atoms with van der Waals surface area (Å²) in [5.74, 6) is 0.507. The average Bonchev–Trinajstić information content (AvgIpc) is 2.35. The van der Waals surface area contributed by atoms with Crippen LogP contribution in [0.3, 0.4) is 0 Å². The number of hydrogen-bond acceptors (Lipinski definition) is 3. The molecular weight excluding hydrogens is 234 g/mol. The van der Waals surface area contributed by atoms with E-state index in [1.807, 2.05) is 18.7 Å². The molecule has 5 heteroatoms. The molecule has 4 nitrogen and oxygen atoms in total. The lowest BCUT2D eigenvalue weighted by Gasteiger charge is -2.34. The summed E-state index contributed by atoms with van der Waals surface area (Å²) in [5.41, 5.74) is 6.86. The number of thioether (sulfide) groups is 1. The molecule has 1 fully saturated rings. The fraction of sp³-hybridized carbons (Fsp3) is 0.750. The summed E-state index contributed by atoms with van der Waals surface area (Å²) in [7, 11) is 0. The topological polar surface area (TPSA) is 59.6 Å². The van der Waals surface area contributed by atoms with Crippen LogP contribution in [0.4, 0.5) is 0 Å². The van der Waals surface area contributed by atoms with Gasteiger partial charge in [-0.05, 0) is 26.0 Å². The quantitative estimate of drug-likeness (QED) is 0.444. The van der Waals surface area contributed by atoms with E-state index in [2.05, 4.69) is 23.1 Å². The highest BCUT2D eigenvalue weighted by Crippen LogP contribution is 2.33. The van der Waals surface area contributed by atoms with Crippen LogP contribution >= 0.6 is 11.8 Å². The third-order valence-electron chi connectivity index (χ3n) is 2.95. The van der Waals surface area contributed by atoms with Gasteiger partial charge < -0.3 is 15.8 Å². The predicted molar refractivity (Wildman–Crippen MR) is 75.6 cm³/mol. The van der Waals surface area contributed by atoms with Crippen molar-refractivity contribution in [3.63, 3.8) is 0 Å². The summed E-state index contributed by atoms with van der Waals surface area (Å²) in [5, 5.41) is 3.05. The molecule has 98 valence electrons. The van der Waals surface area contributed by atoms with Crippen LogP contribution in [0.1, 0.15) is 19.8 Å². The molecule has 0 radical (unpaired) electrons. The Hall–Kier alpha value is -0.680. The van der Waals surface area contributed by atoms with Crippen molar-refractivity contribution in [3.8, 4) is 0 Å². The van der Waals surface area contributed by atoms with E-state index < -0.39 is 0 Å². The maximum Gasteiger partial charge on any atom is 0.188 e. The highest BCUT2D eigenvalue weighted by Gasteiger charge is 2.31. The van der Waals surface area contributed by atoms with E-state index in [0.29, 0.717) is 12.5 Å². The number of aliphatic imine (C=N–C) groups is 1. The number of nitrogens with one attached hydrogen (secondary N) is 1. The Morgan fingerprint density at radius 3 is 2.71 bits per heavy atom. The Bertz CT molecular complexity index is 285. The molecule has 1 heterocycles. The van der Waals surface area contributed by atoms with Crippen molar-refractivity contribution in [1.82, 2.24) is 5.32 Å². The van der Waals surface area contributed by atoms with Crippen molar-refractivity contribution in [2.75, 3.05) is 32.6 Å². The van der Waals surface area contributed by atoms with E-state index >= 15 is 0 Å². The monoisotopic (exact) mass is 257 g/mol. The lowest BCUT2D eigenvalue weighted by atomic mass is 9.99. The highest BCUT2D eigenvalue weighted by atomic mass is 32.2. The SMILES string of the molecule is C=C(C)CNC(N)=NCC1(SC)CCOCC1. The zero-order chi connectivity index (χ0) is 12.7. The molecule has 0 aromatic heterocycles. The number of rotatable bonds is 5. The van der Waals surface area contributed by atoms with Crippen molar-refractivity contribution >= 4 is 17.7 Å². The number of ether oxygens (including phenoxy) is 1. The summed E-state index contributed by atoms with van der Waals surface area (Å²) in [4.78, 5) is 4.43. The summed E-state index contributed by atoms with van der Waals surface area (Å²) in [6, 6.07) is 0. The molecule has 0 amide bonds. The van der Waals surface area contributed by atoms with Crippen LogP contribution in [0.25, 0.3) is 0 Å². The number of guanidine groups is 1. The second-order valence-corrected chi connectivity index (χ2v) is 5.79. The average molecular weight is 257 g/mol. The van der Waals surface area contributed by atoms with Crippen LogP contribution in [0.2, 0.25) is 0 Å². The first-order valence-electron chi connectivity index (χ1n) is 5.89. The molecule has 0 aromatic carbocycles. The zero-order valence-corrected chi connectivity index (χ0v) is 11.6. The fourth-order valence-corrected chi connectivity index (χ4v) is 2.47. The van der Waals surface area contributed by atoms with Crippen molar-refractivity contribution in [2.45, 2.75) is 24.5 Å². The Labute approximate surface area is 108 Å². The van der Waals surface area contributed by atoms with Gasteiger partial charge in [-0.1, -0.05) is 12.2 Å². The first-order valence-corrected chi connectivity index (χ1v) is 7.11.